The van der Waals surface area contributed by atoms with Crippen LogP contribution in [0.1, 0.15) is 30.4 Å². The van der Waals surface area contributed by atoms with E-state index in [0.29, 0.717) is 6.42 Å². The fourth-order valence-corrected chi connectivity index (χ4v) is 1.78. The van der Waals surface area contributed by atoms with Crippen LogP contribution >= 0.6 is 0 Å². The predicted molar refractivity (Wildman–Crippen MR) is 74.0 cm³/mol. The Kier molecular flexibility index (Phi) is 6.06. The highest BCUT2D eigenvalue weighted by Crippen LogP contribution is 2.08. The summed E-state index contributed by atoms with van der Waals surface area (Å²) in [6.45, 7) is 2.32. The van der Waals surface area contributed by atoms with E-state index in [0.717, 1.165) is 12.8 Å². The van der Waals surface area contributed by atoms with Crippen LogP contribution in [0.15, 0.2) is 24.3 Å². The van der Waals surface area contributed by atoms with Gasteiger partial charge in [0.1, 0.15) is 0 Å². The van der Waals surface area contributed by atoms with E-state index in [1.165, 1.54) is 16.0 Å². The van der Waals surface area contributed by atoms with Crippen molar-refractivity contribution in [1.29, 1.82) is 0 Å². The molecule has 0 spiro atoms. The number of carbonyl (C=O) groups is 2. The number of hydrogen-bond acceptors (Lipinski definition) is 2. The minimum atomic E-state index is -0.876. The van der Waals surface area contributed by atoms with Crippen molar-refractivity contribution in [3.8, 4) is 0 Å². The van der Waals surface area contributed by atoms with Crippen molar-refractivity contribution in [3.05, 3.63) is 35.4 Å². The first-order chi connectivity index (χ1) is 8.99. The summed E-state index contributed by atoms with van der Waals surface area (Å²) in [6.07, 6.45) is 2.13. The normalized spacial score (nSPS) is 10.2. The lowest BCUT2D eigenvalue weighted by Gasteiger charge is -2.15. The number of carbonyl (C=O) groups excluding carboxylic acids is 1. The van der Waals surface area contributed by atoms with E-state index in [4.69, 9.17) is 5.11 Å². The van der Waals surface area contributed by atoms with Gasteiger partial charge >= 0.3 is 5.97 Å². The molecule has 4 nitrogen and oxygen atoms in total. The quantitative estimate of drug-likeness (QED) is 0.821. The molecule has 0 unspecified atom stereocenters. The van der Waals surface area contributed by atoms with E-state index in [9.17, 15) is 9.59 Å². The van der Waals surface area contributed by atoms with Gasteiger partial charge in [0.25, 0.3) is 0 Å². The Labute approximate surface area is 114 Å². The lowest BCUT2D eigenvalue weighted by Crippen LogP contribution is -2.28. The van der Waals surface area contributed by atoms with Crippen molar-refractivity contribution in [3.63, 3.8) is 0 Å². The highest BCUT2D eigenvalue weighted by molar-refractivity contribution is 5.76. The summed E-state index contributed by atoms with van der Waals surface area (Å²) < 4.78 is 0. The second-order valence-electron chi connectivity index (χ2n) is 4.80. The first-order valence-electron chi connectivity index (χ1n) is 6.50. The first-order valence-corrected chi connectivity index (χ1v) is 6.50. The number of benzene rings is 1. The molecule has 0 radical (unpaired) electrons. The largest absolute Gasteiger partial charge is 0.481 e. The van der Waals surface area contributed by atoms with E-state index >= 15 is 0 Å². The van der Waals surface area contributed by atoms with E-state index in [-0.39, 0.29) is 18.9 Å². The molecule has 0 bridgehead atoms. The highest BCUT2D eigenvalue weighted by Gasteiger charge is 2.09. The number of hydrogen-bond donors (Lipinski definition) is 1. The number of aryl methyl sites for hydroxylation is 2. The van der Waals surface area contributed by atoms with Crippen molar-refractivity contribution in [2.75, 3.05) is 13.6 Å². The number of rotatable bonds is 7. The molecule has 1 N–H and O–H groups in total. The van der Waals surface area contributed by atoms with Gasteiger partial charge < -0.3 is 10.0 Å². The van der Waals surface area contributed by atoms with Gasteiger partial charge in [-0.25, -0.2) is 0 Å². The molecule has 1 amide bonds. The maximum atomic E-state index is 11.7. The fourth-order valence-electron chi connectivity index (χ4n) is 1.78. The average Bonchev–Trinajstić information content (AvgIpc) is 2.38. The van der Waals surface area contributed by atoms with Gasteiger partial charge in [-0.3, -0.25) is 9.59 Å². The molecule has 104 valence electrons. The van der Waals surface area contributed by atoms with Crippen molar-refractivity contribution in [2.45, 2.75) is 32.6 Å². The molecule has 1 aromatic carbocycles. The van der Waals surface area contributed by atoms with Gasteiger partial charge in [-0.05, 0) is 25.3 Å². The Bertz CT molecular complexity index is 426. The highest BCUT2D eigenvalue weighted by atomic mass is 16.4. The fraction of sp³-hybridized carbons (Fsp3) is 0.467. The summed E-state index contributed by atoms with van der Waals surface area (Å²) in [6, 6.07) is 8.29. The first kappa shape index (κ1) is 15.2. The third kappa shape index (κ3) is 6.04. The standard InChI is InChI=1S/C15H21NO3/c1-12-6-8-13(9-7-12)4-3-5-14(17)16(2)11-10-15(18)19/h6-9H,3-5,10-11H2,1-2H3,(H,18,19). The monoisotopic (exact) mass is 263 g/mol. The van der Waals surface area contributed by atoms with Crippen LogP contribution in [0.2, 0.25) is 0 Å². The Morgan fingerprint density at radius 2 is 1.79 bits per heavy atom. The molecule has 0 fully saturated rings. The molecule has 0 atom stereocenters. The zero-order valence-electron chi connectivity index (χ0n) is 11.6. The summed E-state index contributed by atoms with van der Waals surface area (Å²) in [5.74, 6) is -0.868. The molecule has 0 aliphatic carbocycles. The van der Waals surface area contributed by atoms with Crippen molar-refractivity contribution in [2.24, 2.45) is 0 Å². The Morgan fingerprint density at radius 3 is 2.37 bits per heavy atom. The Hall–Kier alpha value is -1.84. The topological polar surface area (TPSA) is 57.6 Å². The SMILES string of the molecule is Cc1ccc(CCCC(=O)N(C)CCC(=O)O)cc1. The second kappa shape index (κ2) is 7.56. The summed E-state index contributed by atoms with van der Waals surface area (Å²) >= 11 is 0. The summed E-state index contributed by atoms with van der Waals surface area (Å²) in [5, 5.41) is 8.55. The van der Waals surface area contributed by atoms with Crippen LogP contribution in [0.3, 0.4) is 0 Å². The van der Waals surface area contributed by atoms with Crippen LogP contribution in [0.4, 0.5) is 0 Å². The van der Waals surface area contributed by atoms with Gasteiger partial charge in [-0.15, -0.1) is 0 Å². The van der Waals surface area contributed by atoms with Gasteiger partial charge in [0.15, 0.2) is 0 Å². The minimum Gasteiger partial charge on any atom is -0.481 e. The third-order valence-electron chi connectivity index (χ3n) is 3.06. The third-order valence-corrected chi connectivity index (χ3v) is 3.06. The number of aliphatic carboxylic acids is 1. The van der Waals surface area contributed by atoms with E-state index in [2.05, 4.69) is 24.3 Å². The van der Waals surface area contributed by atoms with Crippen molar-refractivity contribution < 1.29 is 14.7 Å². The molecule has 0 aliphatic heterocycles. The molecule has 0 saturated heterocycles. The van der Waals surface area contributed by atoms with Crippen LogP contribution in [0.5, 0.6) is 0 Å². The molecule has 1 rings (SSSR count). The molecule has 4 heteroatoms. The van der Waals surface area contributed by atoms with Crippen molar-refractivity contribution >= 4 is 11.9 Å². The van der Waals surface area contributed by atoms with Crippen LogP contribution in [0.25, 0.3) is 0 Å². The minimum absolute atomic E-state index is 0.000201. The van der Waals surface area contributed by atoms with E-state index in [1.807, 2.05) is 6.92 Å². The summed E-state index contributed by atoms with van der Waals surface area (Å²) in [4.78, 5) is 23.6. The summed E-state index contributed by atoms with van der Waals surface area (Å²) in [7, 11) is 1.65. The maximum Gasteiger partial charge on any atom is 0.305 e. The van der Waals surface area contributed by atoms with Gasteiger partial charge in [0, 0.05) is 20.0 Å². The molecular formula is C15H21NO3. The zero-order chi connectivity index (χ0) is 14.3. The molecule has 1 aromatic rings. The van der Waals surface area contributed by atoms with Crippen molar-refractivity contribution in [1.82, 2.24) is 4.90 Å². The molecule has 0 saturated carbocycles. The Morgan fingerprint density at radius 1 is 1.16 bits per heavy atom. The second-order valence-corrected chi connectivity index (χ2v) is 4.80. The summed E-state index contributed by atoms with van der Waals surface area (Å²) in [5.41, 5.74) is 2.46. The predicted octanol–water partition coefficient (Wildman–Crippen LogP) is 2.25. The molecular weight excluding hydrogens is 242 g/mol. The Balaban J connectivity index is 2.26. The molecule has 0 aromatic heterocycles. The number of carboxylic acids is 1. The van der Waals surface area contributed by atoms with Crippen LogP contribution in [-0.4, -0.2) is 35.5 Å². The maximum absolute atomic E-state index is 11.7. The van der Waals surface area contributed by atoms with Gasteiger partial charge in [0.2, 0.25) is 5.91 Å². The number of amides is 1. The smallest absolute Gasteiger partial charge is 0.305 e. The lowest BCUT2D eigenvalue weighted by molar-refractivity contribution is -0.138. The van der Waals surface area contributed by atoms with Gasteiger partial charge in [-0.2, -0.15) is 0 Å². The van der Waals surface area contributed by atoms with E-state index in [1.54, 1.807) is 7.05 Å². The molecule has 0 aliphatic rings. The zero-order valence-corrected chi connectivity index (χ0v) is 11.6. The number of carboxylic acid groups (broad SMARTS) is 1. The molecule has 0 heterocycles. The van der Waals surface area contributed by atoms with Crippen LogP contribution < -0.4 is 0 Å². The lowest BCUT2D eigenvalue weighted by atomic mass is 10.1. The molecule has 19 heavy (non-hydrogen) atoms. The van der Waals surface area contributed by atoms with Crippen LogP contribution in [0, 0.1) is 6.92 Å². The van der Waals surface area contributed by atoms with Crippen LogP contribution in [-0.2, 0) is 16.0 Å². The van der Waals surface area contributed by atoms with E-state index < -0.39 is 5.97 Å². The number of nitrogens with zero attached hydrogens (tertiary/aromatic N) is 1. The van der Waals surface area contributed by atoms with Gasteiger partial charge in [-0.1, -0.05) is 29.8 Å². The van der Waals surface area contributed by atoms with Gasteiger partial charge in [0.05, 0.1) is 6.42 Å². The average molecular weight is 263 g/mol.